The third-order valence-electron chi connectivity index (χ3n) is 4.01. The molecular formula is C17H18BrClF2N4O2. The molecule has 0 bridgehead atoms. The summed E-state index contributed by atoms with van der Waals surface area (Å²) in [6, 6.07) is 1.18. The van der Waals surface area contributed by atoms with E-state index in [1.807, 2.05) is 4.90 Å². The van der Waals surface area contributed by atoms with Crippen LogP contribution in [-0.4, -0.2) is 52.7 Å². The van der Waals surface area contributed by atoms with Crippen LogP contribution < -0.4 is 4.90 Å². The summed E-state index contributed by atoms with van der Waals surface area (Å²) in [4.78, 5) is 23.6. The van der Waals surface area contributed by atoms with Crippen LogP contribution in [0.1, 0.15) is 20.8 Å². The predicted octanol–water partition coefficient (Wildman–Crippen LogP) is 4.38. The fraction of sp³-hybridized carbons (Fsp3) is 0.471. The van der Waals surface area contributed by atoms with Gasteiger partial charge >= 0.3 is 6.09 Å². The van der Waals surface area contributed by atoms with Gasteiger partial charge in [-0.1, -0.05) is 0 Å². The van der Waals surface area contributed by atoms with Crippen LogP contribution in [-0.2, 0) is 4.74 Å². The topological polar surface area (TPSA) is 58.6 Å². The van der Waals surface area contributed by atoms with Crippen LogP contribution in [0.4, 0.5) is 19.4 Å². The Kier molecular flexibility index (Phi) is 5.45. The number of carbonyl (C=O) groups is 1. The summed E-state index contributed by atoms with van der Waals surface area (Å²) < 4.78 is 33.5. The van der Waals surface area contributed by atoms with E-state index in [4.69, 9.17) is 16.3 Å². The Balaban J connectivity index is 1.86. The van der Waals surface area contributed by atoms with Crippen molar-refractivity contribution in [2.45, 2.75) is 26.4 Å². The summed E-state index contributed by atoms with van der Waals surface area (Å²) in [5.74, 6) is -1.25. The Morgan fingerprint density at radius 1 is 1.22 bits per heavy atom. The number of piperazine rings is 1. The molecule has 1 amide bonds. The van der Waals surface area contributed by atoms with Crippen molar-refractivity contribution in [2.24, 2.45) is 0 Å². The highest BCUT2D eigenvalue weighted by atomic mass is 79.9. The molecule has 1 aliphatic rings. The highest BCUT2D eigenvalue weighted by Crippen LogP contribution is 2.33. The number of nitrogens with zero attached hydrogens (tertiary/aromatic N) is 4. The summed E-state index contributed by atoms with van der Waals surface area (Å²) in [6.45, 7) is 7.02. The van der Waals surface area contributed by atoms with E-state index in [9.17, 15) is 13.6 Å². The second-order valence-corrected chi connectivity index (χ2v) is 8.28. The molecule has 1 aromatic carbocycles. The smallest absolute Gasteiger partial charge is 0.410 e. The predicted molar refractivity (Wildman–Crippen MR) is 102 cm³/mol. The third kappa shape index (κ3) is 4.24. The molecule has 2 heterocycles. The average molecular weight is 464 g/mol. The number of carbonyl (C=O) groups excluding carboxylic acids is 1. The van der Waals surface area contributed by atoms with Crippen molar-refractivity contribution >= 4 is 50.3 Å². The number of rotatable bonds is 1. The van der Waals surface area contributed by atoms with Crippen molar-refractivity contribution in [1.82, 2.24) is 14.9 Å². The summed E-state index contributed by atoms with van der Waals surface area (Å²) in [7, 11) is 0. The molecule has 146 valence electrons. The van der Waals surface area contributed by atoms with E-state index in [0.717, 1.165) is 0 Å². The second-order valence-electron chi connectivity index (χ2n) is 7.15. The van der Waals surface area contributed by atoms with Crippen LogP contribution in [0, 0.1) is 11.6 Å². The number of fused-ring (bicyclic) bond motifs is 1. The minimum Gasteiger partial charge on any atom is -0.444 e. The molecular weight excluding hydrogens is 446 g/mol. The number of amides is 1. The van der Waals surface area contributed by atoms with Crippen LogP contribution in [0.25, 0.3) is 10.9 Å². The standard InChI is InChI=1S/C17H18BrClF2N4O2/c1-17(2,3)27-16(26)25-6-4-24(5-7-25)14-9-8-10(20)11(18)12(21)13(9)22-15(19)23-14/h8H,4-7H2,1-3H3. The van der Waals surface area contributed by atoms with Crippen molar-refractivity contribution in [2.75, 3.05) is 31.1 Å². The lowest BCUT2D eigenvalue weighted by Crippen LogP contribution is -2.50. The Labute approximate surface area is 168 Å². The number of aromatic nitrogens is 2. The summed E-state index contributed by atoms with van der Waals surface area (Å²) in [5.41, 5.74) is -0.639. The second kappa shape index (κ2) is 7.35. The Morgan fingerprint density at radius 3 is 2.44 bits per heavy atom. The van der Waals surface area contributed by atoms with E-state index < -0.39 is 23.3 Å². The third-order valence-corrected chi connectivity index (χ3v) is 4.91. The van der Waals surface area contributed by atoms with E-state index >= 15 is 0 Å². The number of benzene rings is 1. The van der Waals surface area contributed by atoms with Gasteiger partial charge in [0.1, 0.15) is 22.8 Å². The molecule has 1 aromatic heterocycles. The molecule has 0 atom stereocenters. The Morgan fingerprint density at radius 2 is 1.85 bits per heavy atom. The highest BCUT2D eigenvalue weighted by Gasteiger charge is 2.28. The van der Waals surface area contributed by atoms with Crippen LogP contribution in [0.15, 0.2) is 10.5 Å². The lowest BCUT2D eigenvalue weighted by molar-refractivity contribution is 0.0240. The zero-order chi connectivity index (χ0) is 19.9. The maximum atomic E-state index is 14.4. The van der Waals surface area contributed by atoms with E-state index in [2.05, 4.69) is 25.9 Å². The summed E-state index contributed by atoms with van der Waals surface area (Å²) in [6.07, 6.45) is -0.395. The maximum absolute atomic E-state index is 14.4. The van der Waals surface area contributed by atoms with E-state index in [1.165, 1.54) is 6.07 Å². The number of anilines is 1. The molecule has 0 N–H and O–H groups in total. The fourth-order valence-electron chi connectivity index (χ4n) is 2.80. The van der Waals surface area contributed by atoms with Crippen LogP contribution >= 0.6 is 27.5 Å². The quantitative estimate of drug-likeness (QED) is 0.464. The minimum atomic E-state index is -0.831. The van der Waals surface area contributed by atoms with Gasteiger partial charge in [0, 0.05) is 31.6 Å². The molecule has 6 nitrogen and oxygen atoms in total. The van der Waals surface area contributed by atoms with Crippen molar-refractivity contribution in [3.8, 4) is 0 Å². The van der Waals surface area contributed by atoms with Gasteiger partial charge in [-0.2, -0.15) is 4.98 Å². The molecule has 10 heteroatoms. The van der Waals surface area contributed by atoms with Crippen molar-refractivity contribution < 1.29 is 18.3 Å². The molecule has 0 radical (unpaired) electrons. The largest absolute Gasteiger partial charge is 0.444 e. The zero-order valence-corrected chi connectivity index (χ0v) is 17.4. The molecule has 2 aromatic rings. The van der Waals surface area contributed by atoms with Crippen LogP contribution in [0.2, 0.25) is 5.28 Å². The van der Waals surface area contributed by atoms with Crippen molar-refractivity contribution in [3.63, 3.8) is 0 Å². The highest BCUT2D eigenvalue weighted by molar-refractivity contribution is 9.10. The van der Waals surface area contributed by atoms with Crippen molar-refractivity contribution in [1.29, 1.82) is 0 Å². The molecule has 1 fully saturated rings. The molecule has 3 rings (SSSR count). The van der Waals surface area contributed by atoms with Crippen LogP contribution in [0.5, 0.6) is 0 Å². The van der Waals surface area contributed by atoms with E-state index in [-0.39, 0.29) is 20.7 Å². The lowest BCUT2D eigenvalue weighted by atomic mass is 10.2. The summed E-state index contributed by atoms with van der Waals surface area (Å²) in [5, 5.41) is 0.0906. The number of ether oxygens (including phenoxy) is 1. The first-order chi connectivity index (χ1) is 12.6. The fourth-order valence-corrected chi connectivity index (χ4v) is 3.27. The van der Waals surface area contributed by atoms with Gasteiger partial charge in [-0.15, -0.1) is 0 Å². The summed E-state index contributed by atoms with van der Waals surface area (Å²) >= 11 is 8.82. The first-order valence-corrected chi connectivity index (χ1v) is 9.47. The molecule has 0 aliphatic carbocycles. The number of hydrogen-bond acceptors (Lipinski definition) is 5. The van der Waals surface area contributed by atoms with Gasteiger partial charge in [0.05, 0.1) is 4.47 Å². The normalized spacial score (nSPS) is 15.4. The number of halogens is 4. The molecule has 27 heavy (non-hydrogen) atoms. The number of hydrogen-bond donors (Lipinski definition) is 0. The Bertz CT molecular complexity index is 899. The minimum absolute atomic E-state index is 0.0622. The maximum Gasteiger partial charge on any atom is 0.410 e. The van der Waals surface area contributed by atoms with Gasteiger partial charge in [-0.05, 0) is 54.4 Å². The monoisotopic (exact) mass is 462 g/mol. The molecule has 0 spiro atoms. The Hall–Kier alpha value is -1.74. The van der Waals surface area contributed by atoms with E-state index in [0.29, 0.717) is 32.0 Å². The zero-order valence-electron chi connectivity index (χ0n) is 15.0. The lowest BCUT2D eigenvalue weighted by Gasteiger charge is -2.36. The van der Waals surface area contributed by atoms with Gasteiger partial charge in [0.2, 0.25) is 5.28 Å². The molecule has 0 saturated carbocycles. The molecule has 1 saturated heterocycles. The first kappa shape index (κ1) is 20.0. The SMILES string of the molecule is CC(C)(C)OC(=O)N1CCN(c2nc(Cl)nc3c(F)c(Br)c(F)cc23)CC1. The van der Waals surface area contributed by atoms with Gasteiger partial charge in [0.15, 0.2) is 5.82 Å². The van der Waals surface area contributed by atoms with Gasteiger partial charge in [-0.25, -0.2) is 18.6 Å². The molecule has 0 unspecified atom stereocenters. The molecule has 1 aliphatic heterocycles. The van der Waals surface area contributed by atoms with Gasteiger partial charge in [0.25, 0.3) is 0 Å². The van der Waals surface area contributed by atoms with Crippen LogP contribution in [0.3, 0.4) is 0 Å². The van der Waals surface area contributed by atoms with Crippen molar-refractivity contribution in [3.05, 3.63) is 27.5 Å². The van der Waals surface area contributed by atoms with Gasteiger partial charge < -0.3 is 14.5 Å². The van der Waals surface area contributed by atoms with Gasteiger partial charge in [-0.3, -0.25) is 0 Å². The average Bonchev–Trinajstić information content (AvgIpc) is 2.59. The first-order valence-electron chi connectivity index (χ1n) is 8.30. The van der Waals surface area contributed by atoms with E-state index in [1.54, 1.807) is 25.7 Å².